The van der Waals surface area contributed by atoms with Crippen LogP contribution >= 0.6 is 0 Å². The average Bonchev–Trinajstić information content (AvgIpc) is 3.13. The second-order valence-electron chi connectivity index (χ2n) is 8.24. The number of imidazole rings is 1. The van der Waals surface area contributed by atoms with Crippen LogP contribution in [0.15, 0.2) is 64.4 Å². The minimum absolute atomic E-state index is 0.159. The Hall–Kier alpha value is -4.19. The molecule has 0 unspecified atom stereocenters. The normalized spacial score (nSPS) is 13.7. The second-order valence-corrected chi connectivity index (χ2v) is 8.24. The van der Waals surface area contributed by atoms with Crippen molar-refractivity contribution < 1.29 is 0 Å². The maximum atomic E-state index is 13.5. The standard InChI is InChI=1S/C29H31N5O/c1-7-20(18-31-9-3)23-17-22(19(4)16-25(23)30-5)28-26(8-2)33(6)29(35)34(28)27-15-14-21-12-10-11-13-24(21)32-27/h7-8,10-18,30H,4,9H2,1-3,5-6H3/b20-7+,26-8+,28-22+,31-18?. The molecule has 0 saturated carbocycles. The lowest BCUT2D eigenvalue weighted by Crippen LogP contribution is -2.25. The zero-order valence-corrected chi connectivity index (χ0v) is 21.0. The van der Waals surface area contributed by atoms with Gasteiger partial charge in [0.2, 0.25) is 0 Å². The summed E-state index contributed by atoms with van der Waals surface area (Å²) in [4.78, 5) is 22.8. The molecule has 0 aliphatic heterocycles. The molecule has 0 radical (unpaired) electrons. The van der Waals surface area contributed by atoms with Crippen molar-refractivity contribution in [1.82, 2.24) is 14.1 Å². The Morgan fingerprint density at radius 3 is 2.63 bits per heavy atom. The monoisotopic (exact) mass is 465 g/mol. The Labute approximate surface area is 204 Å². The van der Waals surface area contributed by atoms with Gasteiger partial charge in [-0.2, -0.15) is 0 Å². The van der Waals surface area contributed by atoms with Gasteiger partial charge in [0, 0.05) is 48.7 Å². The van der Waals surface area contributed by atoms with E-state index < -0.39 is 0 Å². The zero-order chi connectivity index (χ0) is 25.1. The molecule has 4 rings (SSSR count). The summed E-state index contributed by atoms with van der Waals surface area (Å²) in [5.41, 5.74) is 3.61. The highest BCUT2D eigenvalue weighted by Crippen LogP contribution is 2.22. The van der Waals surface area contributed by atoms with E-state index in [-0.39, 0.29) is 5.69 Å². The van der Waals surface area contributed by atoms with Gasteiger partial charge in [0.05, 0.1) is 16.2 Å². The van der Waals surface area contributed by atoms with Gasteiger partial charge in [-0.3, -0.25) is 9.56 Å². The van der Waals surface area contributed by atoms with Gasteiger partial charge in [-0.05, 0) is 61.9 Å². The van der Waals surface area contributed by atoms with E-state index in [1.165, 1.54) is 0 Å². The van der Waals surface area contributed by atoms with Crippen LogP contribution < -0.4 is 21.6 Å². The minimum atomic E-state index is -0.159. The minimum Gasteiger partial charge on any atom is -0.388 e. The molecule has 2 aromatic carbocycles. The predicted octanol–water partition coefficient (Wildman–Crippen LogP) is 3.76. The quantitative estimate of drug-likeness (QED) is 0.457. The lowest BCUT2D eigenvalue weighted by molar-refractivity contribution is 0.799. The first-order valence-corrected chi connectivity index (χ1v) is 11.8. The number of nitrogens with one attached hydrogen (secondary N) is 1. The van der Waals surface area contributed by atoms with Crippen molar-refractivity contribution in [2.75, 3.05) is 18.9 Å². The summed E-state index contributed by atoms with van der Waals surface area (Å²) in [7, 11) is 3.68. The van der Waals surface area contributed by atoms with E-state index in [1.807, 2.05) is 88.7 Å². The van der Waals surface area contributed by atoms with E-state index in [1.54, 1.807) is 16.2 Å². The summed E-state index contributed by atoms with van der Waals surface area (Å²) in [5.74, 6) is 0.574. The summed E-state index contributed by atoms with van der Waals surface area (Å²) >= 11 is 0. The van der Waals surface area contributed by atoms with Crippen molar-refractivity contribution >= 4 is 41.0 Å². The number of allylic oxidation sites excluding steroid dienone is 2. The molecule has 0 spiro atoms. The van der Waals surface area contributed by atoms with Crippen LogP contribution in [0, 0.1) is 10.6 Å². The largest absolute Gasteiger partial charge is 0.388 e. The summed E-state index contributed by atoms with van der Waals surface area (Å²) in [6.07, 6.45) is 5.88. The summed E-state index contributed by atoms with van der Waals surface area (Å²) in [5, 5.41) is 7.55. The Morgan fingerprint density at radius 2 is 1.94 bits per heavy atom. The molecular weight excluding hydrogens is 434 g/mol. The molecule has 2 aromatic heterocycles. The van der Waals surface area contributed by atoms with E-state index in [4.69, 9.17) is 4.98 Å². The highest BCUT2D eigenvalue weighted by molar-refractivity contribution is 6.11. The molecule has 1 N–H and O–H groups in total. The van der Waals surface area contributed by atoms with Crippen LogP contribution in [0.1, 0.15) is 26.3 Å². The van der Waals surface area contributed by atoms with Gasteiger partial charge in [-0.1, -0.05) is 36.9 Å². The van der Waals surface area contributed by atoms with Crippen LogP contribution in [0.25, 0.3) is 34.9 Å². The van der Waals surface area contributed by atoms with Crippen LogP contribution in [-0.4, -0.2) is 33.9 Å². The van der Waals surface area contributed by atoms with Crippen molar-refractivity contribution in [3.8, 4) is 5.82 Å². The summed E-state index contributed by atoms with van der Waals surface area (Å²) in [6.45, 7) is 11.0. The van der Waals surface area contributed by atoms with Gasteiger partial charge in [-0.25, -0.2) is 14.3 Å². The smallest absolute Gasteiger partial charge is 0.334 e. The van der Waals surface area contributed by atoms with E-state index in [0.29, 0.717) is 12.4 Å². The fraction of sp³-hybridized carbons (Fsp3) is 0.207. The molecule has 0 atom stereocenters. The highest BCUT2D eigenvalue weighted by Gasteiger charge is 2.14. The van der Waals surface area contributed by atoms with Crippen molar-refractivity contribution in [2.24, 2.45) is 12.0 Å². The number of rotatable bonds is 5. The van der Waals surface area contributed by atoms with Gasteiger partial charge in [0.15, 0.2) is 0 Å². The lowest BCUT2D eigenvalue weighted by Gasteiger charge is -2.11. The van der Waals surface area contributed by atoms with E-state index in [0.717, 1.165) is 48.9 Å². The molecule has 178 valence electrons. The number of hydrogen-bond acceptors (Lipinski definition) is 4. The topological polar surface area (TPSA) is 64.2 Å². The van der Waals surface area contributed by atoms with Crippen LogP contribution in [0.3, 0.4) is 0 Å². The molecular formula is C29H31N5O. The first-order valence-electron chi connectivity index (χ1n) is 11.8. The van der Waals surface area contributed by atoms with Crippen LogP contribution in [0.2, 0.25) is 0 Å². The molecule has 4 aromatic rings. The maximum absolute atomic E-state index is 13.5. The molecule has 0 bridgehead atoms. The number of benzene rings is 2. The van der Waals surface area contributed by atoms with E-state index >= 15 is 0 Å². The SMILES string of the molecule is C=c1cc(NC)c(/C(C=NCC)=C/C)c/c1=c1/c(=C\C)n(C)c(=O)n1-c1ccc2ccccc2n1. The third-order valence-corrected chi connectivity index (χ3v) is 6.19. The van der Waals surface area contributed by atoms with Crippen LogP contribution in [-0.2, 0) is 7.05 Å². The number of para-hydroxylation sites is 1. The molecule has 0 saturated heterocycles. The molecule has 0 fully saturated rings. The number of pyridine rings is 1. The Kier molecular flexibility index (Phi) is 6.82. The van der Waals surface area contributed by atoms with Crippen molar-refractivity contribution in [3.63, 3.8) is 0 Å². The number of fused-ring (bicyclic) bond motifs is 1. The van der Waals surface area contributed by atoms with Crippen molar-refractivity contribution in [3.05, 3.63) is 91.8 Å². The predicted molar refractivity (Wildman–Crippen MR) is 148 cm³/mol. The van der Waals surface area contributed by atoms with Crippen molar-refractivity contribution in [1.29, 1.82) is 0 Å². The second kappa shape index (κ2) is 9.97. The molecule has 0 amide bonds. The Bertz CT molecular complexity index is 1740. The maximum Gasteiger partial charge on any atom is 0.334 e. The van der Waals surface area contributed by atoms with Gasteiger partial charge in [0.1, 0.15) is 5.82 Å². The fourth-order valence-electron chi connectivity index (χ4n) is 4.40. The molecule has 0 aliphatic carbocycles. The van der Waals surface area contributed by atoms with Gasteiger partial charge >= 0.3 is 5.69 Å². The number of aliphatic imine (C=N–C) groups is 1. The molecule has 6 nitrogen and oxygen atoms in total. The zero-order valence-electron chi connectivity index (χ0n) is 21.0. The van der Waals surface area contributed by atoms with Crippen LogP contribution in [0.5, 0.6) is 0 Å². The van der Waals surface area contributed by atoms with Crippen LogP contribution in [0.4, 0.5) is 5.69 Å². The fourth-order valence-corrected chi connectivity index (χ4v) is 4.40. The molecule has 2 heterocycles. The number of hydrogen-bond donors (Lipinski definition) is 1. The molecule has 6 heteroatoms. The number of aromatic nitrogens is 3. The van der Waals surface area contributed by atoms with Gasteiger partial charge in [0.25, 0.3) is 0 Å². The first kappa shape index (κ1) is 24.0. The molecule has 35 heavy (non-hydrogen) atoms. The summed E-state index contributed by atoms with van der Waals surface area (Å²) < 4.78 is 3.34. The van der Waals surface area contributed by atoms with E-state index in [9.17, 15) is 4.79 Å². The first-order chi connectivity index (χ1) is 16.9. The third kappa shape index (κ3) is 4.23. The number of anilines is 1. The van der Waals surface area contributed by atoms with Gasteiger partial charge < -0.3 is 5.32 Å². The molecule has 0 aliphatic rings. The Morgan fingerprint density at radius 1 is 1.17 bits per heavy atom. The summed E-state index contributed by atoms with van der Waals surface area (Å²) in [6, 6.07) is 15.9. The van der Waals surface area contributed by atoms with Gasteiger partial charge in [-0.15, -0.1) is 0 Å². The highest BCUT2D eigenvalue weighted by atomic mass is 16.1. The third-order valence-electron chi connectivity index (χ3n) is 6.19. The Balaban J connectivity index is 2.22. The van der Waals surface area contributed by atoms with E-state index in [2.05, 4.69) is 23.0 Å². The van der Waals surface area contributed by atoms with Crippen molar-refractivity contribution in [2.45, 2.75) is 20.8 Å². The lowest BCUT2D eigenvalue weighted by atomic mass is 10.0. The number of nitrogens with zero attached hydrogens (tertiary/aromatic N) is 4. The average molecular weight is 466 g/mol.